The number of hydroxylamine groups is 2. The van der Waals surface area contributed by atoms with Crippen LogP contribution in [0.3, 0.4) is 0 Å². The van der Waals surface area contributed by atoms with Gasteiger partial charge in [0.15, 0.2) is 22.2 Å². The Bertz CT molecular complexity index is 1040. The van der Waals surface area contributed by atoms with Crippen molar-refractivity contribution >= 4 is 44.3 Å². The minimum absolute atomic E-state index is 0.141. The average Bonchev–Trinajstić information content (AvgIpc) is 3.15. The number of hydrogen-bond donors (Lipinski definition) is 3. The Balaban J connectivity index is 2.22. The van der Waals surface area contributed by atoms with Crippen molar-refractivity contribution < 1.29 is 36.4 Å². The summed E-state index contributed by atoms with van der Waals surface area (Å²) in [5.41, 5.74) is 3.64. The molecular weight excluding hydrogens is 490 g/mol. The molecule has 192 valence electrons. The lowest BCUT2D eigenvalue weighted by Gasteiger charge is -2.50. The Kier molecular flexibility index (Phi) is 8.77. The van der Waals surface area contributed by atoms with Crippen LogP contribution in [0.1, 0.15) is 53.7 Å². The molecule has 1 aliphatic heterocycles. The molecule has 0 aliphatic carbocycles. The molecular formula is C19H31N5O8S2. The van der Waals surface area contributed by atoms with E-state index in [1.165, 1.54) is 19.2 Å². The minimum atomic E-state index is -4.90. The fourth-order valence-electron chi connectivity index (χ4n) is 3.01. The Hall–Kier alpha value is -2.17. The molecule has 0 spiro atoms. The molecule has 1 aromatic heterocycles. The fraction of sp³-hybridized carbons (Fsp3) is 0.684. The van der Waals surface area contributed by atoms with Crippen LogP contribution >= 0.6 is 11.3 Å². The number of ether oxygens (including phenoxy) is 1. The van der Waals surface area contributed by atoms with E-state index in [9.17, 15) is 18.0 Å². The lowest BCUT2D eigenvalue weighted by Crippen LogP contribution is -2.68. The van der Waals surface area contributed by atoms with Gasteiger partial charge in [0.25, 0.3) is 5.91 Å². The van der Waals surface area contributed by atoms with Gasteiger partial charge in [0, 0.05) is 11.8 Å². The predicted octanol–water partition coefficient (Wildman–Crippen LogP) is 1.13. The number of nitrogens with zero attached hydrogens (tertiary/aromatic N) is 3. The van der Waals surface area contributed by atoms with Crippen molar-refractivity contribution in [3.8, 4) is 0 Å². The summed E-state index contributed by atoms with van der Waals surface area (Å²) in [5, 5.41) is 9.36. The number of carbonyl (C=O) groups is 2. The summed E-state index contributed by atoms with van der Waals surface area (Å²) in [5.74, 6) is -2.28. The summed E-state index contributed by atoms with van der Waals surface area (Å²) in [6.07, 6.45) is -0.727. The molecule has 1 amide bonds. The number of nitrogens with two attached hydrogens (primary N) is 1. The average molecular weight is 522 g/mol. The molecule has 15 heteroatoms. The third kappa shape index (κ3) is 6.70. The second kappa shape index (κ2) is 10.6. The number of amides is 1. The first kappa shape index (κ1) is 28.1. The van der Waals surface area contributed by atoms with Gasteiger partial charge in [0.2, 0.25) is 0 Å². The van der Waals surface area contributed by atoms with Gasteiger partial charge in [-0.3, -0.25) is 19.5 Å². The number of rotatable bonds is 13. The van der Waals surface area contributed by atoms with Gasteiger partial charge in [-0.15, -0.1) is 15.6 Å². The summed E-state index contributed by atoms with van der Waals surface area (Å²) >= 11 is 1.10. The first-order chi connectivity index (χ1) is 15.6. The van der Waals surface area contributed by atoms with Gasteiger partial charge in [-0.1, -0.05) is 12.1 Å². The molecule has 4 N–H and O–H groups in total. The predicted molar refractivity (Wildman–Crippen MR) is 124 cm³/mol. The summed E-state index contributed by atoms with van der Waals surface area (Å²) in [4.78, 5) is 35.4. The quantitative estimate of drug-likeness (QED) is 0.0844. The van der Waals surface area contributed by atoms with E-state index in [4.69, 9.17) is 19.9 Å². The van der Waals surface area contributed by atoms with E-state index in [1.807, 2.05) is 6.92 Å². The van der Waals surface area contributed by atoms with Crippen molar-refractivity contribution in [3.05, 3.63) is 11.1 Å². The number of nitrogens with one attached hydrogen (secondary N) is 1. The van der Waals surface area contributed by atoms with Crippen molar-refractivity contribution in [1.29, 1.82) is 0 Å². The molecule has 1 saturated heterocycles. The van der Waals surface area contributed by atoms with Crippen LogP contribution < -0.4 is 11.1 Å². The van der Waals surface area contributed by atoms with Crippen LogP contribution in [0.25, 0.3) is 0 Å². The molecule has 0 bridgehead atoms. The topological polar surface area (TPSA) is 183 Å². The first-order valence-corrected chi connectivity index (χ1v) is 12.7. The number of carbonyl (C=O) groups excluding carboxylic acids is 2. The van der Waals surface area contributed by atoms with Crippen LogP contribution in [0.15, 0.2) is 10.5 Å². The Morgan fingerprint density at radius 1 is 1.47 bits per heavy atom. The normalized spacial score (nSPS) is 19.6. The number of thiazole rings is 1. The highest BCUT2D eigenvalue weighted by molar-refractivity contribution is 7.80. The van der Waals surface area contributed by atoms with E-state index >= 15 is 0 Å². The molecule has 0 aromatic carbocycles. The highest BCUT2D eigenvalue weighted by atomic mass is 32.3. The van der Waals surface area contributed by atoms with Crippen LogP contribution in [0.5, 0.6) is 0 Å². The molecule has 1 aromatic rings. The zero-order chi connectivity index (χ0) is 25.9. The molecule has 1 unspecified atom stereocenters. The van der Waals surface area contributed by atoms with E-state index in [1.54, 1.807) is 20.8 Å². The van der Waals surface area contributed by atoms with Crippen LogP contribution in [0.4, 0.5) is 5.13 Å². The van der Waals surface area contributed by atoms with Crippen LogP contribution in [-0.4, -0.2) is 70.9 Å². The number of Topliss-reactive ketones (excluding diaryl/α,β-unsaturated/α-hetero) is 1. The number of oxime groups is 1. The summed E-state index contributed by atoms with van der Waals surface area (Å²) in [6, 6.07) is 0. The highest BCUT2D eigenvalue weighted by Crippen LogP contribution is 2.40. The number of aromatic nitrogens is 1. The Labute approximate surface area is 202 Å². The fourth-order valence-corrected chi connectivity index (χ4v) is 4.01. The maximum atomic E-state index is 13.2. The lowest BCUT2D eigenvalue weighted by atomic mass is 9.74. The van der Waals surface area contributed by atoms with Gasteiger partial charge in [-0.05, 0) is 41.2 Å². The highest BCUT2D eigenvalue weighted by Gasteiger charge is 2.57. The molecule has 2 heterocycles. The molecule has 2 rings (SSSR count). The maximum Gasteiger partial charge on any atom is 0.418 e. The number of hydrogen-bond acceptors (Lipinski definition) is 12. The van der Waals surface area contributed by atoms with Crippen molar-refractivity contribution in [2.24, 2.45) is 11.1 Å². The monoisotopic (exact) mass is 521 g/mol. The second-order valence-corrected chi connectivity index (χ2v) is 10.6. The molecule has 0 radical (unpaired) electrons. The van der Waals surface area contributed by atoms with Crippen LogP contribution in [0, 0.1) is 5.92 Å². The van der Waals surface area contributed by atoms with E-state index in [0.717, 1.165) is 17.9 Å². The molecule has 2 atom stereocenters. The van der Waals surface area contributed by atoms with E-state index in [0.29, 0.717) is 11.8 Å². The molecule has 0 saturated carbocycles. The van der Waals surface area contributed by atoms with Crippen molar-refractivity contribution in [1.82, 2.24) is 15.4 Å². The standard InChI is InChI=1S/C19H31N5O8S2/c1-7-21-10-30-11(2)19(5,6)31-23-15(13-9-33-17(20)22-13)14(25)8-12-16(26)24(18(12,3)4)32-34(27,28)29/h9,11-12,21H,7-8,10H2,1-6H3,(H2,20,22)(H,27,28,29)/b23-15-/t11?,12-/m1/s1. The maximum absolute atomic E-state index is 13.2. The summed E-state index contributed by atoms with van der Waals surface area (Å²) < 4.78 is 40.9. The second-order valence-electron chi connectivity index (χ2n) is 8.73. The van der Waals surface area contributed by atoms with Crippen molar-refractivity contribution in [2.75, 3.05) is 19.0 Å². The smallest absolute Gasteiger partial charge is 0.386 e. The third-order valence-electron chi connectivity index (χ3n) is 5.50. The Morgan fingerprint density at radius 2 is 2.12 bits per heavy atom. The summed E-state index contributed by atoms with van der Waals surface area (Å²) in [6.45, 7) is 11.3. The van der Waals surface area contributed by atoms with Gasteiger partial charge in [0.1, 0.15) is 5.69 Å². The number of nitrogen functional groups attached to an aromatic ring is 1. The van der Waals surface area contributed by atoms with Crippen LogP contribution in [0.2, 0.25) is 0 Å². The molecule has 13 nitrogen and oxygen atoms in total. The minimum Gasteiger partial charge on any atom is -0.386 e. The van der Waals surface area contributed by atoms with Gasteiger partial charge in [0.05, 0.1) is 24.3 Å². The van der Waals surface area contributed by atoms with Crippen LogP contribution in [-0.2, 0) is 33.8 Å². The largest absolute Gasteiger partial charge is 0.418 e. The Morgan fingerprint density at radius 3 is 2.62 bits per heavy atom. The van der Waals surface area contributed by atoms with Gasteiger partial charge in [-0.2, -0.15) is 13.5 Å². The van der Waals surface area contributed by atoms with Crippen molar-refractivity contribution in [2.45, 2.75) is 65.2 Å². The zero-order valence-electron chi connectivity index (χ0n) is 19.9. The van der Waals surface area contributed by atoms with E-state index < -0.39 is 45.3 Å². The molecule has 34 heavy (non-hydrogen) atoms. The van der Waals surface area contributed by atoms with Gasteiger partial charge >= 0.3 is 10.4 Å². The van der Waals surface area contributed by atoms with E-state index in [-0.39, 0.29) is 23.0 Å². The first-order valence-electron chi connectivity index (χ1n) is 10.4. The number of anilines is 1. The zero-order valence-corrected chi connectivity index (χ0v) is 21.5. The number of β-lactam (4-membered cyclic amide) rings is 1. The van der Waals surface area contributed by atoms with E-state index in [2.05, 4.69) is 19.7 Å². The molecule has 1 aliphatic rings. The van der Waals surface area contributed by atoms with Crippen molar-refractivity contribution in [3.63, 3.8) is 0 Å². The SMILES string of the molecule is CCNCOC(C)C(C)(C)O/N=C(\C(=O)C[C@@H]1C(=O)N(OS(=O)(=O)O)C1(C)C)c1csc(N)n1. The van der Waals surface area contributed by atoms with Gasteiger partial charge in [-0.25, -0.2) is 4.98 Å². The van der Waals surface area contributed by atoms with Gasteiger partial charge < -0.3 is 15.3 Å². The number of ketones is 1. The lowest BCUT2D eigenvalue weighted by molar-refractivity contribution is -0.228. The summed E-state index contributed by atoms with van der Waals surface area (Å²) in [7, 11) is -4.90. The molecule has 1 fully saturated rings. The third-order valence-corrected chi connectivity index (χ3v) is 6.51.